The molecule has 0 atom stereocenters. The quantitative estimate of drug-likeness (QED) is 0.839. The second-order valence-corrected chi connectivity index (χ2v) is 3.59. The molecule has 0 spiro atoms. The molecule has 0 aliphatic carbocycles. The van der Waals surface area contributed by atoms with Gasteiger partial charge in [-0.05, 0) is 28.1 Å². The Hall–Kier alpha value is -1.49. The van der Waals surface area contributed by atoms with E-state index >= 15 is 0 Å². The Labute approximate surface area is 94.1 Å². The second kappa shape index (κ2) is 4.35. The molecule has 0 amide bonds. The fourth-order valence-electron chi connectivity index (χ4n) is 1.01. The maximum absolute atomic E-state index is 12.8. The summed E-state index contributed by atoms with van der Waals surface area (Å²) in [5, 5.41) is 0. The molecule has 0 bridgehead atoms. The fraction of sp³-hybridized carbons (Fsp3) is 0. The van der Waals surface area contributed by atoms with Gasteiger partial charge in [0.2, 0.25) is 5.88 Å². The Bertz CT molecular complexity index is 478. The Kier molecular flexibility index (Phi) is 2.91. The highest BCUT2D eigenvalue weighted by Gasteiger charge is 2.03. The van der Waals surface area contributed by atoms with Gasteiger partial charge in [-0.15, -0.1) is 0 Å². The molecule has 0 fully saturated rings. The maximum atomic E-state index is 12.8. The lowest BCUT2D eigenvalue weighted by Gasteiger charge is -2.04. The van der Waals surface area contributed by atoms with Crippen LogP contribution in [0.25, 0.3) is 0 Å². The molecule has 0 saturated heterocycles. The summed E-state index contributed by atoms with van der Waals surface area (Å²) in [5.74, 6) is 0.249. The van der Waals surface area contributed by atoms with Crippen LogP contribution in [-0.4, -0.2) is 9.97 Å². The lowest BCUT2D eigenvalue weighted by Crippen LogP contribution is -1.90. The molecule has 2 heterocycles. The molecule has 5 heteroatoms. The Balaban J connectivity index is 2.26. The summed E-state index contributed by atoms with van der Waals surface area (Å²) in [6.45, 7) is 0. The van der Waals surface area contributed by atoms with Crippen molar-refractivity contribution in [2.24, 2.45) is 0 Å². The van der Waals surface area contributed by atoms with E-state index in [1.807, 2.05) is 0 Å². The van der Waals surface area contributed by atoms with Crippen LogP contribution in [0.1, 0.15) is 0 Å². The highest BCUT2D eigenvalue weighted by atomic mass is 79.9. The molecule has 0 aromatic carbocycles. The SMILES string of the molecule is Fc1cncc(Oc2ncccc2Br)c1. The van der Waals surface area contributed by atoms with Crippen molar-refractivity contribution in [3.8, 4) is 11.6 Å². The van der Waals surface area contributed by atoms with Crippen LogP contribution in [0.3, 0.4) is 0 Å². The van der Waals surface area contributed by atoms with E-state index in [1.165, 1.54) is 12.3 Å². The van der Waals surface area contributed by atoms with Crippen molar-refractivity contribution in [3.63, 3.8) is 0 Å². The van der Waals surface area contributed by atoms with Gasteiger partial charge in [-0.2, -0.15) is 0 Å². The lowest BCUT2D eigenvalue weighted by atomic mass is 10.4. The number of aromatic nitrogens is 2. The second-order valence-electron chi connectivity index (χ2n) is 2.73. The number of hydrogen-bond donors (Lipinski definition) is 0. The zero-order chi connectivity index (χ0) is 10.7. The third-order valence-electron chi connectivity index (χ3n) is 1.62. The molecule has 0 aliphatic rings. The maximum Gasteiger partial charge on any atom is 0.233 e. The number of pyridine rings is 2. The van der Waals surface area contributed by atoms with Gasteiger partial charge in [0.05, 0.1) is 16.9 Å². The Morgan fingerprint density at radius 3 is 2.93 bits per heavy atom. The van der Waals surface area contributed by atoms with Gasteiger partial charge in [-0.25, -0.2) is 9.37 Å². The van der Waals surface area contributed by atoms with Gasteiger partial charge in [0, 0.05) is 12.3 Å². The molecule has 2 aromatic rings. The summed E-state index contributed by atoms with van der Waals surface area (Å²) in [7, 11) is 0. The van der Waals surface area contributed by atoms with Crippen LogP contribution in [0.4, 0.5) is 4.39 Å². The summed E-state index contributed by atoms with van der Waals surface area (Å²) < 4.78 is 18.8. The first-order valence-corrected chi connectivity index (χ1v) is 4.94. The number of nitrogens with zero attached hydrogens (tertiary/aromatic N) is 2. The Morgan fingerprint density at radius 2 is 2.20 bits per heavy atom. The standard InChI is InChI=1S/C10H6BrFN2O/c11-9-2-1-3-14-10(9)15-8-4-7(12)5-13-6-8/h1-6H. The van der Waals surface area contributed by atoms with Gasteiger partial charge >= 0.3 is 0 Å². The van der Waals surface area contributed by atoms with Crippen LogP contribution >= 0.6 is 15.9 Å². The number of ether oxygens (including phenoxy) is 1. The molecule has 2 rings (SSSR count). The molecule has 0 aliphatic heterocycles. The van der Waals surface area contributed by atoms with E-state index in [9.17, 15) is 4.39 Å². The predicted molar refractivity (Wildman–Crippen MR) is 56.2 cm³/mol. The first-order valence-electron chi connectivity index (χ1n) is 4.14. The van der Waals surface area contributed by atoms with Crippen molar-refractivity contribution in [2.45, 2.75) is 0 Å². The molecular weight excluding hydrogens is 263 g/mol. The fourth-order valence-corrected chi connectivity index (χ4v) is 1.34. The van der Waals surface area contributed by atoms with E-state index in [1.54, 1.807) is 18.3 Å². The zero-order valence-corrected chi connectivity index (χ0v) is 9.11. The van der Waals surface area contributed by atoms with Crippen molar-refractivity contribution < 1.29 is 9.13 Å². The average molecular weight is 269 g/mol. The van der Waals surface area contributed by atoms with Crippen molar-refractivity contribution >= 4 is 15.9 Å². The predicted octanol–water partition coefficient (Wildman–Crippen LogP) is 3.17. The molecule has 76 valence electrons. The zero-order valence-electron chi connectivity index (χ0n) is 7.52. The van der Waals surface area contributed by atoms with Crippen LogP contribution in [0.2, 0.25) is 0 Å². The largest absolute Gasteiger partial charge is 0.436 e. The van der Waals surface area contributed by atoms with Crippen molar-refractivity contribution in [1.29, 1.82) is 0 Å². The Morgan fingerprint density at radius 1 is 1.33 bits per heavy atom. The van der Waals surface area contributed by atoms with E-state index in [4.69, 9.17) is 4.74 Å². The minimum Gasteiger partial charge on any atom is -0.436 e. The minimum atomic E-state index is -0.445. The molecule has 0 unspecified atom stereocenters. The smallest absolute Gasteiger partial charge is 0.233 e. The minimum absolute atomic E-state index is 0.314. The van der Waals surface area contributed by atoms with E-state index < -0.39 is 5.82 Å². The number of hydrogen-bond acceptors (Lipinski definition) is 3. The van der Waals surface area contributed by atoms with Crippen LogP contribution < -0.4 is 4.74 Å². The molecule has 15 heavy (non-hydrogen) atoms. The molecule has 0 N–H and O–H groups in total. The summed E-state index contributed by atoms with van der Waals surface area (Å²) in [4.78, 5) is 7.65. The molecule has 0 radical (unpaired) electrons. The molecule has 2 aromatic heterocycles. The first kappa shape index (κ1) is 10.0. The highest BCUT2D eigenvalue weighted by molar-refractivity contribution is 9.10. The average Bonchev–Trinajstić information content (AvgIpc) is 2.22. The van der Waals surface area contributed by atoms with Crippen molar-refractivity contribution in [1.82, 2.24) is 9.97 Å². The van der Waals surface area contributed by atoms with Crippen molar-refractivity contribution in [3.05, 3.63) is 47.1 Å². The highest BCUT2D eigenvalue weighted by Crippen LogP contribution is 2.26. The third kappa shape index (κ3) is 2.50. The van der Waals surface area contributed by atoms with Gasteiger partial charge < -0.3 is 4.74 Å². The monoisotopic (exact) mass is 268 g/mol. The van der Waals surface area contributed by atoms with E-state index in [0.717, 1.165) is 6.20 Å². The van der Waals surface area contributed by atoms with Gasteiger partial charge in [0.25, 0.3) is 0 Å². The van der Waals surface area contributed by atoms with Gasteiger partial charge in [0.15, 0.2) is 5.75 Å². The van der Waals surface area contributed by atoms with E-state index in [2.05, 4.69) is 25.9 Å². The van der Waals surface area contributed by atoms with Gasteiger partial charge in [-0.1, -0.05) is 0 Å². The molecule has 3 nitrogen and oxygen atoms in total. The normalized spacial score (nSPS) is 10.0. The summed E-state index contributed by atoms with van der Waals surface area (Å²) >= 11 is 3.27. The van der Waals surface area contributed by atoms with E-state index in [-0.39, 0.29) is 0 Å². The summed E-state index contributed by atoms with van der Waals surface area (Å²) in [6, 6.07) is 4.80. The van der Waals surface area contributed by atoms with Crippen LogP contribution in [0, 0.1) is 5.82 Å². The van der Waals surface area contributed by atoms with Gasteiger partial charge in [-0.3, -0.25) is 4.98 Å². The van der Waals surface area contributed by atoms with Gasteiger partial charge in [0.1, 0.15) is 5.82 Å². The summed E-state index contributed by atoms with van der Waals surface area (Å²) in [6.07, 6.45) is 4.12. The molecular formula is C10H6BrFN2O. The van der Waals surface area contributed by atoms with Crippen LogP contribution in [0.5, 0.6) is 11.6 Å². The third-order valence-corrected chi connectivity index (χ3v) is 2.22. The number of halogens is 2. The van der Waals surface area contributed by atoms with Crippen molar-refractivity contribution in [2.75, 3.05) is 0 Å². The lowest BCUT2D eigenvalue weighted by molar-refractivity contribution is 0.452. The first-order chi connectivity index (χ1) is 7.25. The molecule has 0 saturated carbocycles. The van der Waals surface area contributed by atoms with E-state index in [0.29, 0.717) is 16.1 Å². The topological polar surface area (TPSA) is 35.0 Å². The summed E-state index contributed by atoms with van der Waals surface area (Å²) in [5.41, 5.74) is 0. The van der Waals surface area contributed by atoms with Crippen LogP contribution in [0.15, 0.2) is 41.3 Å². The van der Waals surface area contributed by atoms with Crippen LogP contribution in [-0.2, 0) is 0 Å². The number of rotatable bonds is 2.